The smallest absolute Gasteiger partial charge is 0.296 e. The summed E-state index contributed by atoms with van der Waals surface area (Å²) in [7, 11) is 0. The van der Waals surface area contributed by atoms with E-state index in [1.54, 1.807) is 24.3 Å². The van der Waals surface area contributed by atoms with Crippen LogP contribution in [0.1, 0.15) is 22.8 Å². The van der Waals surface area contributed by atoms with Gasteiger partial charge >= 0.3 is 0 Å². The van der Waals surface area contributed by atoms with Crippen LogP contribution in [0.4, 0.5) is 5.69 Å². The van der Waals surface area contributed by atoms with Crippen LogP contribution in [0.3, 0.4) is 0 Å². The number of fused-ring (bicyclic) bond motifs is 1. The standard InChI is InChI=1S/C18H15ClN2O2/c1-2-11-5-3-4-6-15(11)21-18(23)17(22)14-10-20-16-8-7-12(19)9-13(14)16/h3-10,20H,2H2,1H3,(H,21,23). The summed E-state index contributed by atoms with van der Waals surface area (Å²) in [5.74, 6) is -1.25. The maximum absolute atomic E-state index is 12.5. The zero-order chi connectivity index (χ0) is 16.4. The molecular weight excluding hydrogens is 312 g/mol. The third kappa shape index (κ3) is 2.98. The SMILES string of the molecule is CCc1ccccc1NC(=O)C(=O)c1c[nH]c2ccc(Cl)cc12. The number of aromatic amines is 1. The Hall–Kier alpha value is -2.59. The highest BCUT2D eigenvalue weighted by atomic mass is 35.5. The zero-order valence-electron chi connectivity index (χ0n) is 12.5. The molecule has 0 saturated heterocycles. The number of anilines is 1. The van der Waals surface area contributed by atoms with Gasteiger partial charge in [-0.1, -0.05) is 36.7 Å². The lowest BCUT2D eigenvalue weighted by molar-refractivity contribution is -0.112. The number of para-hydroxylation sites is 1. The number of halogens is 1. The third-order valence-corrected chi connectivity index (χ3v) is 3.98. The molecule has 0 saturated carbocycles. The molecular formula is C18H15ClN2O2. The molecule has 0 spiro atoms. The lowest BCUT2D eigenvalue weighted by Gasteiger charge is -2.08. The van der Waals surface area contributed by atoms with Crippen molar-refractivity contribution < 1.29 is 9.59 Å². The lowest BCUT2D eigenvalue weighted by Crippen LogP contribution is -2.23. The molecule has 0 radical (unpaired) electrons. The number of ketones is 1. The van der Waals surface area contributed by atoms with Gasteiger partial charge in [-0.05, 0) is 36.2 Å². The van der Waals surface area contributed by atoms with Crippen molar-refractivity contribution in [1.29, 1.82) is 0 Å². The summed E-state index contributed by atoms with van der Waals surface area (Å²) in [4.78, 5) is 27.7. The molecule has 4 nitrogen and oxygen atoms in total. The van der Waals surface area contributed by atoms with Crippen molar-refractivity contribution in [2.45, 2.75) is 13.3 Å². The Balaban J connectivity index is 1.90. The lowest BCUT2D eigenvalue weighted by atomic mass is 10.1. The minimum Gasteiger partial charge on any atom is -0.360 e. The van der Waals surface area contributed by atoms with E-state index in [-0.39, 0.29) is 0 Å². The fourth-order valence-corrected chi connectivity index (χ4v) is 2.70. The normalized spacial score (nSPS) is 10.7. The maximum atomic E-state index is 12.5. The van der Waals surface area contributed by atoms with Gasteiger partial charge in [0.05, 0.1) is 5.56 Å². The van der Waals surface area contributed by atoms with Crippen molar-refractivity contribution in [3.05, 3.63) is 64.8 Å². The van der Waals surface area contributed by atoms with Crippen LogP contribution >= 0.6 is 11.6 Å². The zero-order valence-corrected chi connectivity index (χ0v) is 13.3. The van der Waals surface area contributed by atoms with Crippen LogP contribution in [-0.4, -0.2) is 16.7 Å². The van der Waals surface area contributed by atoms with Gasteiger partial charge in [-0.3, -0.25) is 9.59 Å². The second-order valence-electron chi connectivity index (χ2n) is 5.19. The number of hydrogen-bond donors (Lipinski definition) is 2. The summed E-state index contributed by atoms with van der Waals surface area (Å²) < 4.78 is 0. The van der Waals surface area contributed by atoms with Gasteiger partial charge in [0, 0.05) is 27.8 Å². The van der Waals surface area contributed by atoms with Gasteiger partial charge in [-0.25, -0.2) is 0 Å². The highest BCUT2D eigenvalue weighted by Gasteiger charge is 2.20. The third-order valence-electron chi connectivity index (χ3n) is 3.74. The molecule has 1 amide bonds. The van der Waals surface area contributed by atoms with Gasteiger partial charge in [0.25, 0.3) is 11.7 Å². The Bertz CT molecular complexity index is 899. The van der Waals surface area contributed by atoms with Crippen LogP contribution in [0.25, 0.3) is 10.9 Å². The van der Waals surface area contributed by atoms with Crippen molar-refractivity contribution in [3.63, 3.8) is 0 Å². The predicted octanol–water partition coefficient (Wildman–Crippen LogP) is 4.21. The molecule has 0 unspecified atom stereocenters. The highest BCUT2D eigenvalue weighted by molar-refractivity contribution is 6.48. The van der Waals surface area contributed by atoms with Crippen molar-refractivity contribution in [2.75, 3.05) is 5.32 Å². The van der Waals surface area contributed by atoms with E-state index in [1.807, 2.05) is 25.1 Å². The first-order valence-electron chi connectivity index (χ1n) is 7.30. The number of nitrogens with one attached hydrogen (secondary N) is 2. The molecule has 1 aromatic heterocycles. The summed E-state index contributed by atoms with van der Waals surface area (Å²) in [6.07, 6.45) is 2.31. The van der Waals surface area contributed by atoms with E-state index in [0.29, 0.717) is 21.7 Å². The number of Topliss-reactive ketones (excluding diaryl/α,β-unsaturated/α-hetero) is 1. The summed E-state index contributed by atoms with van der Waals surface area (Å²) in [6.45, 7) is 1.99. The van der Waals surface area contributed by atoms with E-state index in [1.165, 1.54) is 6.20 Å². The summed E-state index contributed by atoms with van der Waals surface area (Å²) in [6, 6.07) is 12.6. The summed E-state index contributed by atoms with van der Waals surface area (Å²) in [5.41, 5.74) is 2.72. The first-order chi connectivity index (χ1) is 11.1. The molecule has 5 heteroatoms. The van der Waals surface area contributed by atoms with Crippen LogP contribution in [-0.2, 0) is 11.2 Å². The minimum atomic E-state index is -0.660. The Kier molecular flexibility index (Phi) is 4.17. The van der Waals surface area contributed by atoms with Crippen LogP contribution in [0.5, 0.6) is 0 Å². The summed E-state index contributed by atoms with van der Waals surface area (Å²) >= 11 is 5.98. The fraction of sp³-hybridized carbons (Fsp3) is 0.111. The molecule has 0 aliphatic heterocycles. The van der Waals surface area contributed by atoms with Gasteiger partial charge < -0.3 is 10.3 Å². The molecule has 2 aromatic carbocycles. The largest absolute Gasteiger partial charge is 0.360 e. The topological polar surface area (TPSA) is 62.0 Å². The second kappa shape index (κ2) is 6.26. The Morgan fingerprint density at radius 2 is 1.96 bits per heavy atom. The second-order valence-corrected chi connectivity index (χ2v) is 5.62. The number of aromatic nitrogens is 1. The monoisotopic (exact) mass is 326 g/mol. The van der Waals surface area contributed by atoms with Gasteiger partial charge in [0.2, 0.25) is 0 Å². The number of amides is 1. The van der Waals surface area contributed by atoms with Crippen molar-refractivity contribution in [3.8, 4) is 0 Å². The molecule has 0 atom stereocenters. The molecule has 3 rings (SSSR count). The molecule has 0 bridgehead atoms. The molecule has 0 aliphatic carbocycles. The van der Waals surface area contributed by atoms with Crippen molar-refractivity contribution >= 4 is 39.9 Å². The van der Waals surface area contributed by atoms with Gasteiger partial charge in [0.1, 0.15) is 0 Å². The number of benzene rings is 2. The predicted molar refractivity (Wildman–Crippen MR) is 92.1 cm³/mol. The first-order valence-corrected chi connectivity index (χ1v) is 7.68. The number of H-pyrrole nitrogens is 1. The Labute approximate surface area is 138 Å². The fourth-order valence-electron chi connectivity index (χ4n) is 2.53. The van der Waals surface area contributed by atoms with E-state index < -0.39 is 11.7 Å². The Morgan fingerprint density at radius 3 is 2.74 bits per heavy atom. The van der Waals surface area contributed by atoms with Crippen molar-refractivity contribution in [2.24, 2.45) is 0 Å². The quantitative estimate of drug-likeness (QED) is 0.557. The van der Waals surface area contributed by atoms with Gasteiger partial charge in [-0.2, -0.15) is 0 Å². The maximum Gasteiger partial charge on any atom is 0.296 e. The number of aryl methyl sites for hydroxylation is 1. The molecule has 23 heavy (non-hydrogen) atoms. The van der Waals surface area contributed by atoms with E-state index >= 15 is 0 Å². The summed E-state index contributed by atoms with van der Waals surface area (Å²) in [5, 5.41) is 3.85. The van der Waals surface area contributed by atoms with Crippen LogP contribution in [0.15, 0.2) is 48.7 Å². The van der Waals surface area contributed by atoms with Crippen LogP contribution < -0.4 is 5.32 Å². The highest BCUT2D eigenvalue weighted by Crippen LogP contribution is 2.23. The average molecular weight is 327 g/mol. The van der Waals surface area contributed by atoms with E-state index in [4.69, 9.17) is 11.6 Å². The number of carbonyl (C=O) groups is 2. The average Bonchev–Trinajstić information content (AvgIpc) is 2.97. The molecule has 116 valence electrons. The van der Waals surface area contributed by atoms with Crippen molar-refractivity contribution in [1.82, 2.24) is 4.98 Å². The molecule has 1 heterocycles. The molecule has 2 N–H and O–H groups in total. The van der Waals surface area contributed by atoms with Gasteiger partial charge in [0.15, 0.2) is 0 Å². The Morgan fingerprint density at radius 1 is 1.17 bits per heavy atom. The number of rotatable bonds is 4. The molecule has 3 aromatic rings. The first kappa shape index (κ1) is 15.3. The molecule has 0 fully saturated rings. The van der Waals surface area contributed by atoms with Crippen LogP contribution in [0.2, 0.25) is 5.02 Å². The number of carbonyl (C=O) groups excluding carboxylic acids is 2. The van der Waals surface area contributed by atoms with E-state index in [2.05, 4.69) is 10.3 Å². The number of hydrogen-bond acceptors (Lipinski definition) is 2. The van der Waals surface area contributed by atoms with Gasteiger partial charge in [-0.15, -0.1) is 0 Å². The van der Waals surface area contributed by atoms with Crippen LogP contribution in [0, 0.1) is 0 Å². The minimum absolute atomic E-state index is 0.314. The molecule has 0 aliphatic rings. The van der Waals surface area contributed by atoms with E-state index in [9.17, 15) is 9.59 Å². The van der Waals surface area contributed by atoms with E-state index in [0.717, 1.165) is 17.5 Å².